The summed E-state index contributed by atoms with van der Waals surface area (Å²) in [6.07, 6.45) is 1.69. The number of nitrogens with two attached hydrogens (primary N) is 1. The molecule has 2 amide bonds. The van der Waals surface area contributed by atoms with E-state index in [0.717, 1.165) is 6.07 Å². The Balaban J connectivity index is 1.61. The number of anilines is 3. The van der Waals surface area contributed by atoms with Gasteiger partial charge in [0.25, 0.3) is 0 Å². The molecule has 2 atom stereocenters. The minimum Gasteiger partial charge on any atom is -0.494 e. The van der Waals surface area contributed by atoms with Crippen LogP contribution in [0.3, 0.4) is 0 Å². The summed E-state index contributed by atoms with van der Waals surface area (Å²) in [5.41, 5.74) is 6.83. The molecule has 0 radical (unpaired) electrons. The van der Waals surface area contributed by atoms with E-state index < -0.39 is 45.6 Å². The van der Waals surface area contributed by atoms with E-state index in [9.17, 15) is 22.4 Å². The van der Waals surface area contributed by atoms with Crippen molar-refractivity contribution in [3.63, 3.8) is 0 Å². The first-order valence-corrected chi connectivity index (χ1v) is 16.1. The monoisotopic (exact) mass is 653 g/mol. The predicted molar refractivity (Wildman–Crippen MR) is 169 cm³/mol. The molecule has 2 heterocycles. The number of nitrogens with zero attached hydrogens (tertiary/aromatic N) is 2. The van der Waals surface area contributed by atoms with Crippen molar-refractivity contribution in [1.82, 2.24) is 9.88 Å². The number of amides is 2. The average molecular weight is 654 g/mol. The fourth-order valence-electron chi connectivity index (χ4n) is 5.67. The Hall–Kier alpha value is -4.98. The average Bonchev–Trinajstić information content (AvgIpc) is 3.54. The van der Waals surface area contributed by atoms with Crippen molar-refractivity contribution in [2.45, 2.75) is 36.7 Å². The molecular formula is C32H33F2N5O6S. The molecule has 0 spiro atoms. The van der Waals surface area contributed by atoms with Crippen molar-refractivity contribution in [2.24, 2.45) is 0 Å². The molecule has 11 nitrogen and oxygen atoms in total. The number of methoxy groups -OCH3 is 2. The van der Waals surface area contributed by atoms with Crippen LogP contribution in [0.25, 0.3) is 10.8 Å². The lowest BCUT2D eigenvalue weighted by Crippen LogP contribution is -2.38. The van der Waals surface area contributed by atoms with Gasteiger partial charge in [0.2, 0.25) is 5.91 Å². The summed E-state index contributed by atoms with van der Waals surface area (Å²) in [6, 6.07) is 10.8. The maximum absolute atomic E-state index is 15.5. The number of pyridine rings is 1. The van der Waals surface area contributed by atoms with Gasteiger partial charge in [0.15, 0.2) is 21.4 Å². The zero-order valence-corrected chi connectivity index (χ0v) is 26.2. The lowest BCUT2D eigenvalue weighted by Gasteiger charge is -2.31. The van der Waals surface area contributed by atoms with Crippen molar-refractivity contribution < 1.29 is 36.3 Å². The Kier molecular flexibility index (Phi) is 9.28. The molecule has 0 aliphatic carbocycles. The van der Waals surface area contributed by atoms with Crippen molar-refractivity contribution in [3.8, 4) is 5.75 Å². The Morgan fingerprint density at radius 3 is 2.54 bits per heavy atom. The third-order valence-electron chi connectivity index (χ3n) is 7.99. The first-order chi connectivity index (χ1) is 22.0. The Bertz CT molecular complexity index is 1920. The molecule has 3 aromatic carbocycles. The number of aromatic nitrogens is 1. The molecule has 46 heavy (non-hydrogen) atoms. The number of nitrogens with one attached hydrogen (secondary N) is 2. The number of hydrogen-bond donors (Lipinski definition) is 3. The molecule has 4 N–H and O–H groups in total. The van der Waals surface area contributed by atoms with E-state index >= 15 is 4.39 Å². The van der Waals surface area contributed by atoms with Crippen LogP contribution >= 0.6 is 0 Å². The van der Waals surface area contributed by atoms with Crippen LogP contribution in [0.1, 0.15) is 43.0 Å². The van der Waals surface area contributed by atoms with Crippen molar-refractivity contribution in [3.05, 3.63) is 83.6 Å². The zero-order chi connectivity index (χ0) is 33.2. The highest BCUT2D eigenvalue weighted by atomic mass is 32.2. The van der Waals surface area contributed by atoms with E-state index in [1.54, 1.807) is 24.3 Å². The Morgan fingerprint density at radius 2 is 1.83 bits per heavy atom. The number of carbonyl (C=O) groups is 2. The van der Waals surface area contributed by atoms with Crippen molar-refractivity contribution in [1.29, 1.82) is 0 Å². The van der Waals surface area contributed by atoms with Gasteiger partial charge < -0.3 is 25.4 Å². The van der Waals surface area contributed by atoms with E-state index in [-0.39, 0.29) is 34.2 Å². The number of halogens is 2. The van der Waals surface area contributed by atoms with Crippen LogP contribution in [-0.4, -0.2) is 56.8 Å². The molecule has 242 valence electrons. The molecule has 14 heteroatoms. The first kappa shape index (κ1) is 32.4. The molecule has 1 aromatic heterocycles. The summed E-state index contributed by atoms with van der Waals surface area (Å²) in [6.45, 7) is 1.73. The van der Waals surface area contributed by atoms with Crippen LogP contribution in [0.15, 0.2) is 65.7 Å². The van der Waals surface area contributed by atoms with E-state index in [1.165, 1.54) is 50.4 Å². The van der Waals surface area contributed by atoms with Gasteiger partial charge in [-0.05, 0) is 72.3 Å². The number of hydrogen-bond acceptors (Lipinski definition) is 9. The topological polar surface area (TPSA) is 153 Å². The second-order valence-corrected chi connectivity index (χ2v) is 12.9. The third-order valence-corrected chi connectivity index (χ3v) is 9.79. The predicted octanol–water partition coefficient (Wildman–Crippen LogP) is 5.59. The molecule has 4 aromatic rings. The number of likely N-dealkylation sites (tertiary alicyclic amines) is 1. The molecule has 1 aliphatic rings. The number of rotatable bonds is 9. The Labute approximate surface area is 264 Å². The lowest BCUT2D eigenvalue weighted by atomic mass is 10.00. The molecule has 5 rings (SSSR count). The van der Waals surface area contributed by atoms with Crippen molar-refractivity contribution >= 4 is 49.8 Å². The maximum atomic E-state index is 15.5. The molecule has 0 saturated carbocycles. The van der Waals surface area contributed by atoms with E-state index in [0.29, 0.717) is 46.7 Å². The van der Waals surface area contributed by atoms with E-state index in [2.05, 4.69) is 20.4 Å². The van der Waals surface area contributed by atoms with Crippen LogP contribution < -0.4 is 21.1 Å². The summed E-state index contributed by atoms with van der Waals surface area (Å²) in [4.78, 5) is 32.0. The van der Waals surface area contributed by atoms with E-state index in [4.69, 9.17) is 10.5 Å². The number of benzene rings is 3. The summed E-state index contributed by atoms with van der Waals surface area (Å²) in [7, 11) is -1.34. The summed E-state index contributed by atoms with van der Waals surface area (Å²) in [5, 5.41) is 7.03. The second-order valence-electron chi connectivity index (χ2n) is 10.7. The summed E-state index contributed by atoms with van der Waals surface area (Å²) >= 11 is 0. The van der Waals surface area contributed by atoms with Crippen LogP contribution in [0, 0.1) is 11.6 Å². The standard InChI is InChI=1S/C32H33F2N5O6S/c1-4-46(42,43)28-10-8-20(38-32(41)45-3)15-23(28)26-6-5-13-39(26)31(40)29(22-16-27(44-2)25(34)17-24(22)33)37-19-7-9-21-18(14-19)11-12-36-30(21)35/h7-12,14-17,26,29,37H,4-6,13H2,1-3H3,(H2,35,36)(H,38,41). The largest absolute Gasteiger partial charge is 0.494 e. The van der Waals surface area contributed by atoms with Crippen molar-refractivity contribution in [2.75, 3.05) is 42.9 Å². The molecule has 1 aliphatic heterocycles. The summed E-state index contributed by atoms with van der Waals surface area (Å²) in [5.74, 6) is -2.65. The third kappa shape index (κ3) is 6.38. The highest BCUT2D eigenvalue weighted by molar-refractivity contribution is 7.91. The van der Waals surface area contributed by atoms with Crippen LogP contribution in [0.2, 0.25) is 0 Å². The smallest absolute Gasteiger partial charge is 0.411 e. The summed E-state index contributed by atoms with van der Waals surface area (Å²) < 4.78 is 66.1. The highest BCUT2D eigenvalue weighted by Crippen LogP contribution is 2.40. The van der Waals surface area contributed by atoms with Crippen LogP contribution in [0.5, 0.6) is 5.75 Å². The lowest BCUT2D eigenvalue weighted by molar-refractivity contribution is -0.133. The highest BCUT2D eigenvalue weighted by Gasteiger charge is 2.38. The number of ether oxygens (including phenoxy) is 2. The van der Waals surface area contributed by atoms with Gasteiger partial charge in [-0.2, -0.15) is 0 Å². The van der Waals surface area contributed by atoms with Gasteiger partial charge in [-0.3, -0.25) is 10.1 Å². The van der Waals surface area contributed by atoms with Gasteiger partial charge in [0, 0.05) is 41.1 Å². The second kappa shape index (κ2) is 13.2. The van der Waals surface area contributed by atoms with Gasteiger partial charge >= 0.3 is 6.09 Å². The maximum Gasteiger partial charge on any atom is 0.411 e. The van der Waals surface area contributed by atoms with Gasteiger partial charge in [-0.1, -0.05) is 6.92 Å². The van der Waals surface area contributed by atoms with E-state index in [1.807, 2.05) is 0 Å². The number of fused-ring (bicyclic) bond motifs is 1. The van der Waals surface area contributed by atoms with Crippen LogP contribution in [0.4, 0.5) is 30.8 Å². The Morgan fingerprint density at radius 1 is 1.07 bits per heavy atom. The first-order valence-electron chi connectivity index (χ1n) is 14.4. The fraction of sp³-hybridized carbons (Fsp3) is 0.281. The zero-order valence-electron chi connectivity index (χ0n) is 25.3. The fourth-order valence-corrected chi connectivity index (χ4v) is 6.81. The number of sulfone groups is 1. The minimum absolute atomic E-state index is 0.00924. The minimum atomic E-state index is -3.76. The molecule has 0 bridgehead atoms. The normalized spacial score (nSPS) is 15.4. The van der Waals surface area contributed by atoms with Crippen LogP contribution in [-0.2, 0) is 19.4 Å². The molecule has 1 saturated heterocycles. The number of carbonyl (C=O) groups excluding carboxylic acids is 2. The van der Waals surface area contributed by atoms with Gasteiger partial charge in [0.05, 0.1) is 30.9 Å². The number of nitrogen functional groups attached to an aromatic ring is 1. The quantitative estimate of drug-likeness (QED) is 0.210. The molecule has 1 fully saturated rings. The van der Waals surface area contributed by atoms with Gasteiger partial charge in [-0.15, -0.1) is 0 Å². The van der Waals surface area contributed by atoms with Gasteiger partial charge in [-0.25, -0.2) is 27.0 Å². The molecular weight excluding hydrogens is 620 g/mol. The SMILES string of the molecule is CCS(=O)(=O)c1ccc(NC(=O)OC)cc1C1CCCN1C(=O)C(Nc1ccc2c(N)nccc2c1)c1cc(OC)c(F)cc1F. The molecule has 2 unspecified atom stereocenters. The van der Waals surface area contributed by atoms with Gasteiger partial charge in [0.1, 0.15) is 17.7 Å².